The van der Waals surface area contributed by atoms with Crippen molar-refractivity contribution in [2.75, 3.05) is 13.1 Å². The maximum absolute atomic E-state index is 11.3. The molecule has 0 bridgehead atoms. The Morgan fingerprint density at radius 3 is 1.16 bits per heavy atom. The first-order valence-electron chi connectivity index (χ1n) is 9.40. The predicted molar refractivity (Wildman–Crippen MR) is 107 cm³/mol. The van der Waals surface area contributed by atoms with Crippen molar-refractivity contribution < 1.29 is 9.59 Å². The first-order chi connectivity index (χ1) is 10.9. The van der Waals surface area contributed by atoms with E-state index in [1.807, 2.05) is 0 Å². The Kier molecular flexibility index (Phi) is 9.00. The lowest BCUT2D eigenvalue weighted by molar-refractivity contribution is -0.123. The second-order valence-electron chi connectivity index (χ2n) is 9.27. The van der Waals surface area contributed by atoms with E-state index >= 15 is 0 Å². The highest BCUT2D eigenvalue weighted by atomic mass is 16.1. The van der Waals surface area contributed by atoms with E-state index in [1.165, 1.54) is 12.8 Å². The van der Waals surface area contributed by atoms with Gasteiger partial charge in [0.05, 0.1) is 12.1 Å². The van der Waals surface area contributed by atoms with E-state index in [2.05, 4.69) is 51.3 Å². The number of nitrogens with zero attached hydrogens (tertiary/aromatic N) is 2. The second-order valence-corrected chi connectivity index (χ2v) is 9.27. The molecule has 148 valence electrons. The number of ketones is 2. The van der Waals surface area contributed by atoms with Crippen molar-refractivity contribution in [1.29, 1.82) is 0 Å². The van der Waals surface area contributed by atoms with E-state index in [-0.39, 0.29) is 30.6 Å². The van der Waals surface area contributed by atoms with Gasteiger partial charge in [-0.2, -0.15) is 0 Å². The quantitative estimate of drug-likeness (QED) is 0.741. The molecule has 0 aromatic heterocycles. The van der Waals surface area contributed by atoms with Crippen LogP contribution < -0.4 is 0 Å². The molecule has 2 heterocycles. The van der Waals surface area contributed by atoms with Gasteiger partial charge >= 0.3 is 0 Å². The van der Waals surface area contributed by atoms with Gasteiger partial charge in [-0.15, -0.1) is 0 Å². The molecule has 0 saturated carbocycles. The number of rotatable bonds is 2. The van der Waals surface area contributed by atoms with Gasteiger partial charge in [0, 0.05) is 11.1 Å². The lowest BCUT2D eigenvalue weighted by Crippen LogP contribution is -2.47. The average Bonchev–Trinajstić information content (AvgIpc) is 3.07. The van der Waals surface area contributed by atoms with Crippen molar-refractivity contribution in [3.05, 3.63) is 0 Å². The zero-order valence-corrected chi connectivity index (χ0v) is 17.1. The van der Waals surface area contributed by atoms with Crippen molar-refractivity contribution in [3.63, 3.8) is 0 Å². The molecule has 0 aromatic carbocycles. The third-order valence-electron chi connectivity index (χ3n) is 5.17. The van der Waals surface area contributed by atoms with E-state index in [1.54, 1.807) is 13.8 Å². The van der Waals surface area contributed by atoms with E-state index in [9.17, 15) is 9.59 Å². The molecule has 2 unspecified atom stereocenters. The summed E-state index contributed by atoms with van der Waals surface area (Å²) >= 11 is 0. The highest BCUT2D eigenvalue weighted by Crippen LogP contribution is 2.27. The van der Waals surface area contributed by atoms with Gasteiger partial charge in [0.1, 0.15) is 11.6 Å². The van der Waals surface area contributed by atoms with E-state index < -0.39 is 0 Å². The average molecular weight is 355 g/mol. The molecular weight excluding hydrogens is 312 g/mol. The molecule has 2 aliphatic heterocycles. The molecule has 25 heavy (non-hydrogen) atoms. The fourth-order valence-electron chi connectivity index (χ4n) is 3.98. The second kappa shape index (κ2) is 9.27. The molecule has 2 atom stereocenters. The highest BCUT2D eigenvalue weighted by molar-refractivity contribution is 5.82. The minimum absolute atomic E-state index is 0. The molecule has 0 aromatic rings. The van der Waals surface area contributed by atoms with Crippen LogP contribution in [0.25, 0.3) is 0 Å². The van der Waals surface area contributed by atoms with Crippen LogP contribution in [0.4, 0.5) is 0 Å². The van der Waals surface area contributed by atoms with Crippen LogP contribution in [0, 0.1) is 0 Å². The monoisotopic (exact) mass is 354 g/mol. The van der Waals surface area contributed by atoms with Crippen molar-refractivity contribution in [3.8, 4) is 0 Å². The highest BCUT2D eigenvalue weighted by Gasteiger charge is 2.35. The summed E-state index contributed by atoms with van der Waals surface area (Å²) < 4.78 is 0. The fourth-order valence-corrected chi connectivity index (χ4v) is 3.98. The maximum Gasteiger partial charge on any atom is 0.146 e. The van der Waals surface area contributed by atoms with Gasteiger partial charge in [0.15, 0.2) is 0 Å². The maximum atomic E-state index is 11.3. The number of Topliss-reactive ketones (excluding diaryl/α,β-unsaturated/α-hetero) is 2. The first-order valence-corrected chi connectivity index (χ1v) is 9.40. The van der Waals surface area contributed by atoms with Gasteiger partial charge in [0.25, 0.3) is 0 Å². The van der Waals surface area contributed by atoms with Crippen LogP contribution in [0.2, 0.25) is 0 Å². The van der Waals surface area contributed by atoms with Gasteiger partial charge in [0.2, 0.25) is 0 Å². The Hall–Kier alpha value is -0.740. The van der Waals surface area contributed by atoms with Gasteiger partial charge in [-0.1, -0.05) is 7.43 Å². The molecule has 0 spiro atoms. The molecule has 2 aliphatic rings. The van der Waals surface area contributed by atoms with E-state index in [0.717, 1.165) is 25.9 Å². The SMILES string of the molecule is C.CC(=O)C1CCCN1C(C)(C)C.CC(=O)C1CCCN1C(C)(C)C. The number of hydrogen-bond acceptors (Lipinski definition) is 4. The summed E-state index contributed by atoms with van der Waals surface area (Å²) in [7, 11) is 0. The molecule has 0 aliphatic carbocycles. The minimum Gasteiger partial charge on any atom is -0.298 e. The van der Waals surface area contributed by atoms with Crippen LogP contribution in [0.1, 0.15) is 88.5 Å². The third kappa shape index (κ3) is 6.82. The Morgan fingerprint density at radius 2 is 1.00 bits per heavy atom. The number of hydrogen-bond donors (Lipinski definition) is 0. The molecule has 2 fully saturated rings. The van der Waals surface area contributed by atoms with Crippen molar-refractivity contribution in [2.45, 2.75) is 112 Å². The Labute approximate surface area is 156 Å². The number of likely N-dealkylation sites (tertiary alicyclic amines) is 2. The van der Waals surface area contributed by atoms with Gasteiger partial charge in [-0.3, -0.25) is 19.4 Å². The van der Waals surface area contributed by atoms with E-state index in [0.29, 0.717) is 11.6 Å². The molecule has 0 amide bonds. The Bertz CT molecular complexity index is 404. The zero-order chi connectivity index (χ0) is 18.7. The molecule has 0 N–H and O–H groups in total. The third-order valence-corrected chi connectivity index (χ3v) is 5.17. The number of carbonyl (C=O) groups is 2. The minimum atomic E-state index is 0. The lowest BCUT2D eigenvalue weighted by Gasteiger charge is -2.35. The van der Waals surface area contributed by atoms with Crippen molar-refractivity contribution in [1.82, 2.24) is 9.80 Å². The zero-order valence-electron chi connectivity index (χ0n) is 17.1. The smallest absolute Gasteiger partial charge is 0.146 e. The van der Waals surface area contributed by atoms with Crippen LogP contribution >= 0.6 is 0 Å². The van der Waals surface area contributed by atoms with Gasteiger partial charge < -0.3 is 0 Å². The van der Waals surface area contributed by atoms with Crippen molar-refractivity contribution >= 4 is 11.6 Å². The molecule has 4 nitrogen and oxygen atoms in total. The van der Waals surface area contributed by atoms with Crippen LogP contribution in [0.15, 0.2) is 0 Å². The lowest BCUT2D eigenvalue weighted by atomic mass is 10.0. The first kappa shape index (κ1) is 24.3. The Balaban J connectivity index is 0.000000443. The summed E-state index contributed by atoms with van der Waals surface area (Å²) in [4.78, 5) is 27.2. The Morgan fingerprint density at radius 1 is 0.720 bits per heavy atom. The van der Waals surface area contributed by atoms with Crippen LogP contribution in [0.3, 0.4) is 0 Å². The predicted octanol–water partition coefficient (Wildman–Crippen LogP) is 4.31. The van der Waals surface area contributed by atoms with Crippen LogP contribution in [0.5, 0.6) is 0 Å². The number of carbonyl (C=O) groups excluding carboxylic acids is 2. The van der Waals surface area contributed by atoms with Crippen LogP contribution in [-0.4, -0.2) is 57.6 Å². The van der Waals surface area contributed by atoms with Crippen LogP contribution in [-0.2, 0) is 9.59 Å². The summed E-state index contributed by atoms with van der Waals surface area (Å²) in [5.74, 6) is 0.643. The summed E-state index contributed by atoms with van der Waals surface area (Å²) in [5.41, 5.74) is 0.291. The largest absolute Gasteiger partial charge is 0.298 e. The summed E-state index contributed by atoms with van der Waals surface area (Å²) in [6.07, 6.45) is 4.43. The molecule has 0 radical (unpaired) electrons. The standard InChI is InChI=1S/2C10H19NO.CH4/c2*1-8(12)9-6-5-7-11(9)10(2,3)4;/h2*9H,5-7H2,1-4H3;1H4. The molecular formula is C21H42N2O2. The topological polar surface area (TPSA) is 40.6 Å². The van der Waals surface area contributed by atoms with Crippen molar-refractivity contribution in [2.24, 2.45) is 0 Å². The fraction of sp³-hybridized carbons (Fsp3) is 0.905. The molecule has 2 rings (SSSR count). The van der Waals surface area contributed by atoms with E-state index in [4.69, 9.17) is 0 Å². The molecule has 4 heteroatoms. The summed E-state index contributed by atoms with van der Waals surface area (Å²) in [5, 5.41) is 0. The van der Waals surface area contributed by atoms with Gasteiger partial charge in [-0.05, 0) is 94.2 Å². The summed E-state index contributed by atoms with van der Waals surface area (Å²) in [6, 6.07) is 0.370. The van der Waals surface area contributed by atoms with Gasteiger partial charge in [-0.25, -0.2) is 0 Å². The summed E-state index contributed by atoms with van der Waals surface area (Å²) in [6.45, 7) is 18.6. The normalized spacial score (nSPS) is 25.1. The molecule has 2 saturated heterocycles.